The minimum atomic E-state index is 0. The smallest absolute Gasteiger partial charge is 0.115 e. The summed E-state index contributed by atoms with van der Waals surface area (Å²) in [5.74, 6) is 0.335. The van der Waals surface area contributed by atoms with Gasteiger partial charge >= 0.3 is 0 Å². The van der Waals surface area contributed by atoms with E-state index in [0.29, 0.717) is 11.8 Å². The van der Waals surface area contributed by atoms with Gasteiger partial charge in [0.15, 0.2) is 0 Å². The summed E-state index contributed by atoms with van der Waals surface area (Å²) in [6.45, 7) is 6.25. The van der Waals surface area contributed by atoms with E-state index in [1.54, 1.807) is 6.07 Å². The van der Waals surface area contributed by atoms with E-state index in [-0.39, 0.29) is 12.4 Å². The van der Waals surface area contributed by atoms with Crippen molar-refractivity contribution in [3.8, 4) is 5.75 Å². The van der Waals surface area contributed by atoms with Crippen LogP contribution in [0.1, 0.15) is 12.5 Å². The molecule has 0 aliphatic carbocycles. The fourth-order valence-electron chi connectivity index (χ4n) is 2.08. The number of hydrogen-bond acceptors (Lipinski definition) is 3. The van der Waals surface area contributed by atoms with E-state index in [0.717, 1.165) is 36.2 Å². The lowest BCUT2D eigenvalue weighted by atomic mass is 10.1. The number of piperazine rings is 1. The summed E-state index contributed by atoms with van der Waals surface area (Å²) in [5.41, 5.74) is 1.15. The van der Waals surface area contributed by atoms with Crippen LogP contribution >= 0.6 is 28.3 Å². The Bertz CT molecular complexity index is 376. The minimum Gasteiger partial charge on any atom is -0.508 e. The minimum absolute atomic E-state index is 0. The van der Waals surface area contributed by atoms with E-state index in [1.165, 1.54) is 0 Å². The van der Waals surface area contributed by atoms with Crippen molar-refractivity contribution in [2.24, 2.45) is 0 Å². The maximum absolute atomic E-state index is 9.47. The van der Waals surface area contributed by atoms with Crippen LogP contribution in [0, 0.1) is 0 Å². The van der Waals surface area contributed by atoms with Crippen LogP contribution in [0.15, 0.2) is 22.7 Å². The molecular weight excluding hydrogens is 304 g/mol. The molecule has 2 rings (SSSR count). The number of halogens is 2. The van der Waals surface area contributed by atoms with E-state index in [1.807, 2.05) is 12.1 Å². The lowest BCUT2D eigenvalue weighted by Gasteiger charge is -2.32. The first-order chi connectivity index (χ1) is 7.65. The predicted octanol–water partition coefficient (Wildman–Crippen LogP) is 2.37. The Morgan fingerprint density at radius 2 is 2.29 bits per heavy atom. The molecule has 1 saturated heterocycles. The van der Waals surface area contributed by atoms with Gasteiger partial charge in [-0.2, -0.15) is 0 Å². The molecule has 1 fully saturated rings. The molecule has 1 atom stereocenters. The number of nitrogens with zero attached hydrogens (tertiary/aromatic N) is 1. The highest BCUT2D eigenvalue weighted by atomic mass is 79.9. The first kappa shape index (κ1) is 14.8. The molecule has 1 aromatic carbocycles. The highest BCUT2D eigenvalue weighted by Crippen LogP contribution is 2.23. The lowest BCUT2D eigenvalue weighted by molar-refractivity contribution is 0.199. The Morgan fingerprint density at radius 3 is 3.00 bits per heavy atom. The third-order valence-electron chi connectivity index (χ3n) is 2.88. The summed E-state index contributed by atoms with van der Waals surface area (Å²) in [4.78, 5) is 2.40. The number of phenolic OH excluding ortho intramolecular Hbond substituents is 1. The van der Waals surface area contributed by atoms with Crippen LogP contribution in [0.2, 0.25) is 0 Å². The van der Waals surface area contributed by atoms with Gasteiger partial charge in [-0.25, -0.2) is 0 Å². The van der Waals surface area contributed by atoms with Crippen molar-refractivity contribution >= 4 is 28.3 Å². The standard InChI is InChI=1S/C12H17BrN2O.ClH/c1-9-7-15(5-4-14-9)8-10-6-11(16)2-3-12(10)13;/h2-3,6,9,14,16H,4-5,7-8H2,1H3;1H/t9-;/m0./s1. The van der Waals surface area contributed by atoms with Crippen LogP contribution in [-0.4, -0.2) is 35.7 Å². The predicted molar refractivity (Wildman–Crippen MR) is 75.8 cm³/mol. The Labute approximate surface area is 117 Å². The molecule has 17 heavy (non-hydrogen) atoms. The highest BCUT2D eigenvalue weighted by molar-refractivity contribution is 9.10. The summed E-state index contributed by atoms with van der Waals surface area (Å²) in [5, 5.41) is 12.9. The highest BCUT2D eigenvalue weighted by Gasteiger charge is 2.16. The summed E-state index contributed by atoms with van der Waals surface area (Å²) in [6.07, 6.45) is 0. The second-order valence-corrected chi connectivity index (χ2v) is 5.22. The van der Waals surface area contributed by atoms with E-state index in [2.05, 4.69) is 33.1 Å². The summed E-state index contributed by atoms with van der Waals surface area (Å²) >= 11 is 3.52. The Morgan fingerprint density at radius 1 is 1.53 bits per heavy atom. The van der Waals surface area contributed by atoms with Gasteiger partial charge in [-0.1, -0.05) is 15.9 Å². The molecular formula is C12H18BrClN2O. The molecule has 0 radical (unpaired) electrons. The van der Waals surface area contributed by atoms with Crippen molar-refractivity contribution in [1.82, 2.24) is 10.2 Å². The Hall–Kier alpha value is -0.290. The van der Waals surface area contributed by atoms with Crippen LogP contribution in [0.25, 0.3) is 0 Å². The lowest BCUT2D eigenvalue weighted by Crippen LogP contribution is -2.48. The van der Waals surface area contributed by atoms with E-state index < -0.39 is 0 Å². The van der Waals surface area contributed by atoms with Crippen molar-refractivity contribution < 1.29 is 5.11 Å². The molecule has 0 amide bonds. The molecule has 1 aliphatic heterocycles. The molecule has 0 unspecified atom stereocenters. The number of hydrogen-bond donors (Lipinski definition) is 2. The summed E-state index contributed by atoms with van der Waals surface area (Å²) in [6, 6.07) is 5.98. The Balaban J connectivity index is 0.00000144. The maximum Gasteiger partial charge on any atom is 0.115 e. The van der Waals surface area contributed by atoms with Crippen molar-refractivity contribution in [2.45, 2.75) is 19.5 Å². The number of benzene rings is 1. The molecule has 1 heterocycles. The first-order valence-corrected chi connectivity index (χ1v) is 6.37. The first-order valence-electron chi connectivity index (χ1n) is 5.58. The number of rotatable bonds is 2. The zero-order valence-corrected chi connectivity index (χ0v) is 12.2. The van der Waals surface area contributed by atoms with Gasteiger partial charge in [-0.15, -0.1) is 12.4 Å². The largest absolute Gasteiger partial charge is 0.508 e. The topological polar surface area (TPSA) is 35.5 Å². The SMILES string of the molecule is C[C@H]1CN(Cc2cc(O)ccc2Br)CCN1.Cl. The fraction of sp³-hybridized carbons (Fsp3) is 0.500. The van der Waals surface area contributed by atoms with Crippen molar-refractivity contribution in [3.63, 3.8) is 0 Å². The molecule has 0 bridgehead atoms. The van der Waals surface area contributed by atoms with Gasteiger partial charge in [0, 0.05) is 36.7 Å². The normalized spacial score (nSPS) is 20.9. The number of nitrogens with one attached hydrogen (secondary N) is 1. The molecule has 5 heteroatoms. The molecule has 0 spiro atoms. The van der Waals surface area contributed by atoms with E-state index >= 15 is 0 Å². The van der Waals surface area contributed by atoms with Gasteiger partial charge in [0.25, 0.3) is 0 Å². The monoisotopic (exact) mass is 320 g/mol. The van der Waals surface area contributed by atoms with E-state index in [4.69, 9.17) is 0 Å². The second kappa shape index (κ2) is 6.59. The van der Waals surface area contributed by atoms with Gasteiger partial charge in [-0.3, -0.25) is 4.90 Å². The second-order valence-electron chi connectivity index (χ2n) is 4.37. The molecule has 3 nitrogen and oxygen atoms in total. The quantitative estimate of drug-likeness (QED) is 0.878. The fourth-order valence-corrected chi connectivity index (χ4v) is 2.45. The van der Waals surface area contributed by atoms with Gasteiger partial charge in [0.05, 0.1) is 0 Å². The van der Waals surface area contributed by atoms with Gasteiger partial charge in [-0.05, 0) is 30.7 Å². The van der Waals surface area contributed by atoms with Crippen LogP contribution in [0.3, 0.4) is 0 Å². The van der Waals surface area contributed by atoms with Crippen molar-refractivity contribution in [1.29, 1.82) is 0 Å². The third kappa shape index (κ3) is 4.14. The molecule has 0 saturated carbocycles. The summed E-state index contributed by atoms with van der Waals surface area (Å²) in [7, 11) is 0. The number of aromatic hydroxyl groups is 1. The average Bonchev–Trinajstić information content (AvgIpc) is 2.24. The molecule has 1 aliphatic rings. The van der Waals surface area contributed by atoms with Crippen molar-refractivity contribution in [2.75, 3.05) is 19.6 Å². The zero-order valence-electron chi connectivity index (χ0n) is 9.82. The van der Waals surface area contributed by atoms with Gasteiger partial charge in [0.1, 0.15) is 5.75 Å². The van der Waals surface area contributed by atoms with Crippen LogP contribution in [-0.2, 0) is 6.54 Å². The third-order valence-corrected chi connectivity index (χ3v) is 3.65. The summed E-state index contributed by atoms with van der Waals surface area (Å²) < 4.78 is 1.07. The van der Waals surface area contributed by atoms with Crippen LogP contribution < -0.4 is 5.32 Å². The molecule has 0 aromatic heterocycles. The van der Waals surface area contributed by atoms with Crippen LogP contribution in [0.4, 0.5) is 0 Å². The Kier molecular flexibility index (Phi) is 5.73. The van der Waals surface area contributed by atoms with Crippen molar-refractivity contribution in [3.05, 3.63) is 28.2 Å². The molecule has 2 N–H and O–H groups in total. The van der Waals surface area contributed by atoms with Crippen LogP contribution in [0.5, 0.6) is 5.75 Å². The van der Waals surface area contributed by atoms with Gasteiger partial charge < -0.3 is 10.4 Å². The molecule has 1 aromatic rings. The average molecular weight is 322 g/mol. The van der Waals surface area contributed by atoms with E-state index in [9.17, 15) is 5.11 Å². The maximum atomic E-state index is 9.47. The molecule has 96 valence electrons. The van der Waals surface area contributed by atoms with Gasteiger partial charge in [0.2, 0.25) is 0 Å². The zero-order chi connectivity index (χ0) is 11.5. The number of phenols is 1.